The highest BCUT2D eigenvalue weighted by atomic mass is 32.1. The zero-order valence-corrected chi connectivity index (χ0v) is 16.1. The molecular formula is C19H25N5OS. The Bertz CT molecular complexity index is 768. The number of aryl methyl sites for hydroxylation is 1. The molecule has 1 aromatic heterocycles. The van der Waals surface area contributed by atoms with E-state index in [-0.39, 0.29) is 5.91 Å². The molecule has 0 radical (unpaired) electrons. The van der Waals surface area contributed by atoms with Crippen molar-refractivity contribution in [2.75, 3.05) is 18.5 Å². The van der Waals surface area contributed by atoms with Gasteiger partial charge in [0.1, 0.15) is 5.01 Å². The molecule has 1 aliphatic rings. The Balaban J connectivity index is 1.51. The highest BCUT2D eigenvalue weighted by Crippen LogP contribution is 2.21. The number of amides is 1. The lowest BCUT2D eigenvalue weighted by Crippen LogP contribution is -2.36. The number of carbonyl (C=O) groups is 1. The standard InChI is InChI=1S/C19H25N5OS/c1-14-11-21-17(26-14)13-23-19(20-2)22-12-15-6-8-16(9-7-15)24-10-4-3-5-18(24)25/h6-9,11H,3-5,10,12-13H2,1-2H3,(H2,20,22,23). The molecule has 2 heterocycles. The Hall–Kier alpha value is -2.41. The van der Waals surface area contributed by atoms with Gasteiger partial charge in [0.25, 0.3) is 0 Å². The number of aromatic nitrogens is 1. The van der Waals surface area contributed by atoms with E-state index in [2.05, 4.69) is 39.7 Å². The summed E-state index contributed by atoms with van der Waals surface area (Å²) in [5.74, 6) is 0.970. The number of guanidine groups is 1. The van der Waals surface area contributed by atoms with Crippen LogP contribution in [0.1, 0.15) is 34.7 Å². The van der Waals surface area contributed by atoms with E-state index < -0.39 is 0 Å². The van der Waals surface area contributed by atoms with E-state index in [1.165, 1.54) is 4.88 Å². The maximum absolute atomic E-state index is 12.0. The molecule has 1 aliphatic heterocycles. The Kier molecular flexibility index (Phi) is 6.22. The van der Waals surface area contributed by atoms with Crippen molar-refractivity contribution in [2.24, 2.45) is 4.99 Å². The molecule has 0 atom stereocenters. The lowest BCUT2D eigenvalue weighted by atomic mass is 10.1. The zero-order valence-electron chi connectivity index (χ0n) is 15.3. The average molecular weight is 372 g/mol. The second kappa shape index (κ2) is 8.80. The SMILES string of the molecule is CN=C(NCc1ccc(N2CCCCC2=O)cc1)NCc1ncc(C)s1. The van der Waals surface area contributed by atoms with E-state index in [9.17, 15) is 4.79 Å². The molecule has 2 aromatic rings. The van der Waals surface area contributed by atoms with Crippen molar-refractivity contribution in [3.05, 3.63) is 45.9 Å². The lowest BCUT2D eigenvalue weighted by molar-refractivity contribution is -0.119. The molecule has 138 valence electrons. The molecule has 0 aliphatic carbocycles. The Morgan fingerprint density at radius 2 is 2.00 bits per heavy atom. The molecule has 1 saturated heterocycles. The third kappa shape index (κ3) is 4.82. The quantitative estimate of drug-likeness (QED) is 0.626. The second-order valence-electron chi connectivity index (χ2n) is 6.31. The fourth-order valence-corrected chi connectivity index (χ4v) is 3.65. The van der Waals surface area contributed by atoms with Crippen LogP contribution in [-0.2, 0) is 17.9 Å². The lowest BCUT2D eigenvalue weighted by Gasteiger charge is -2.26. The summed E-state index contributed by atoms with van der Waals surface area (Å²) < 4.78 is 0. The molecule has 1 fully saturated rings. The van der Waals surface area contributed by atoms with E-state index in [1.54, 1.807) is 18.4 Å². The number of nitrogens with one attached hydrogen (secondary N) is 2. The van der Waals surface area contributed by atoms with Crippen LogP contribution in [0.4, 0.5) is 5.69 Å². The van der Waals surface area contributed by atoms with Gasteiger partial charge >= 0.3 is 0 Å². The number of nitrogens with zero attached hydrogens (tertiary/aromatic N) is 3. The van der Waals surface area contributed by atoms with Crippen molar-refractivity contribution < 1.29 is 4.79 Å². The van der Waals surface area contributed by atoms with Crippen molar-refractivity contribution >= 4 is 28.9 Å². The van der Waals surface area contributed by atoms with Gasteiger partial charge in [-0.3, -0.25) is 9.79 Å². The number of rotatable bonds is 5. The maximum atomic E-state index is 12.0. The van der Waals surface area contributed by atoms with Gasteiger partial charge in [0.15, 0.2) is 5.96 Å². The van der Waals surface area contributed by atoms with E-state index in [4.69, 9.17) is 0 Å². The number of aliphatic imine (C=N–C) groups is 1. The summed E-state index contributed by atoms with van der Waals surface area (Å²) in [6, 6.07) is 8.16. The van der Waals surface area contributed by atoms with Crippen LogP contribution in [0.5, 0.6) is 0 Å². The third-order valence-corrected chi connectivity index (χ3v) is 5.24. The van der Waals surface area contributed by atoms with Crippen LogP contribution in [0.25, 0.3) is 0 Å². The van der Waals surface area contributed by atoms with Gasteiger partial charge in [0.05, 0.1) is 6.54 Å². The van der Waals surface area contributed by atoms with Crippen LogP contribution < -0.4 is 15.5 Å². The predicted octanol–water partition coefficient (Wildman–Crippen LogP) is 2.83. The van der Waals surface area contributed by atoms with Gasteiger partial charge in [-0.1, -0.05) is 12.1 Å². The summed E-state index contributed by atoms with van der Waals surface area (Å²) in [7, 11) is 1.76. The molecule has 1 amide bonds. The first-order valence-corrected chi connectivity index (χ1v) is 9.72. The van der Waals surface area contributed by atoms with Crippen molar-refractivity contribution in [3.8, 4) is 0 Å². The first-order chi connectivity index (χ1) is 12.7. The largest absolute Gasteiger partial charge is 0.352 e. The summed E-state index contributed by atoms with van der Waals surface area (Å²) in [6.45, 7) is 4.21. The Labute approximate surface area is 158 Å². The summed E-state index contributed by atoms with van der Waals surface area (Å²) in [5, 5.41) is 7.62. The summed E-state index contributed by atoms with van der Waals surface area (Å²) >= 11 is 1.68. The molecular weight excluding hydrogens is 346 g/mol. The predicted molar refractivity (Wildman–Crippen MR) is 107 cm³/mol. The minimum atomic E-state index is 0.226. The van der Waals surface area contributed by atoms with Crippen LogP contribution in [0.3, 0.4) is 0 Å². The number of hydrogen-bond acceptors (Lipinski definition) is 4. The van der Waals surface area contributed by atoms with Crippen molar-refractivity contribution in [3.63, 3.8) is 0 Å². The topological polar surface area (TPSA) is 69.6 Å². The number of hydrogen-bond donors (Lipinski definition) is 2. The number of anilines is 1. The van der Waals surface area contributed by atoms with Gasteiger partial charge in [0, 0.05) is 43.3 Å². The molecule has 0 bridgehead atoms. The summed E-state index contributed by atoms with van der Waals surface area (Å²) in [6.07, 6.45) is 4.62. The van der Waals surface area contributed by atoms with E-state index in [0.717, 1.165) is 41.6 Å². The van der Waals surface area contributed by atoms with Gasteiger partial charge in [-0.05, 0) is 37.5 Å². The van der Waals surface area contributed by atoms with Crippen LogP contribution >= 0.6 is 11.3 Å². The molecule has 3 rings (SSSR count). The molecule has 0 saturated carbocycles. The van der Waals surface area contributed by atoms with Crippen LogP contribution in [0, 0.1) is 6.92 Å². The molecule has 0 unspecified atom stereocenters. The fourth-order valence-electron chi connectivity index (χ4n) is 2.92. The molecule has 6 nitrogen and oxygen atoms in total. The van der Waals surface area contributed by atoms with Gasteiger partial charge in [-0.2, -0.15) is 0 Å². The molecule has 2 N–H and O–H groups in total. The first kappa shape index (κ1) is 18.4. The number of thiazole rings is 1. The normalized spacial score (nSPS) is 15.2. The maximum Gasteiger partial charge on any atom is 0.226 e. The number of piperidine rings is 1. The summed E-state index contributed by atoms with van der Waals surface area (Å²) in [4.78, 5) is 23.7. The van der Waals surface area contributed by atoms with E-state index >= 15 is 0 Å². The van der Waals surface area contributed by atoms with Crippen LogP contribution in [0.15, 0.2) is 35.5 Å². The highest BCUT2D eigenvalue weighted by molar-refractivity contribution is 7.11. The molecule has 1 aromatic carbocycles. The monoisotopic (exact) mass is 371 g/mol. The van der Waals surface area contributed by atoms with E-state index in [0.29, 0.717) is 19.5 Å². The minimum absolute atomic E-state index is 0.226. The average Bonchev–Trinajstić information content (AvgIpc) is 3.08. The second-order valence-corrected chi connectivity index (χ2v) is 7.63. The minimum Gasteiger partial charge on any atom is -0.352 e. The van der Waals surface area contributed by atoms with Gasteiger partial charge in [-0.15, -0.1) is 11.3 Å². The Morgan fingerprint density at radius 3 is 2.65 bits per heavy atom. The third-order valence-electron chi connectivity index (χ3n) is 4.33. The first-order valence-electron chi connectivity index (χ1n) is 8.91. The smallest absolute Gasteiger partial charge is 0.226 e. The zero-order chi connectivity index (χ0) is 18.4. The molecule has 7 heteroatoms. The summed E-state index contributed by atoms with van der Waals surface area (Å²) in [5.41, 5.74) is 2.13. The van der Waals surface area contributed by atoms with Gasteiger partial charge in [0.2, 0.25) is 5.91 Å². The Morgan fingerprint density at radius 1 is 1.23 bits per heavy atom. The van der Waals surface area contributed by atoms with E-state index in [1.807, 2.05) is 23.2 Å². The van der Waals surface area contributed by atoms with Crippen LogP contribution in [0.2, 0.25) is 0 Å². The van der Waals surface area contributed by atoms with Crippen LogP contribution in [-0.4, -0.2) is 30.4 Å². The highest BCUT2D eigenvalue weighted by Gasteiger charge is 2.19. The van der Waals surface area contributed by atoms with Crippen molar-refractivity contribution in [1.82, 2.24) is 15.6 Å². The van der Waals surface area contributed by atoms with Crippen molar-refractivity contribution in [2.45, 2.75) is 39.3 Å². The number of benzene rings is 1. The number of carbonyl (C=O) groups excluding carboxylic acids is 1. The van der Waals surface area contributed by atoms with Gasteiger partial charge in [-0.25, -0.2) is 4.98 Å². The molecule has 0 spiro atoms. The fraction of sp³-hybridized carbons (Fsp3) is 0.421. The molecule has 26 heavy (non-hydrogen) atoms. The van der Waals surface area contributed by atoms with Gasteiger partial charge < -0.3 is 15.5 Å². The van der Waals surface area contributed by atoms with Crippen molar-refractivity contribution in [1.29, 1.82) is 0 Å².